The normalized spacial score (nSPS) is 12.4. The first-order valence-electron chi connectivity index (χ1n) is 6.21. The second-order valence-corrected chi connectivity index (χ2v) is 4.86. The van der Waals surface area contributed by atoms with Gasteiger partial charge in [-0.1, -0.05) is 19.1 Å². The molecule has 0 fully saturated rings. The minimum Gasteiger partial charge on any atom is -0.399 e. The molecule has 0 saturated heterocycles. The molecule has 1 heterocycles. The fourth-order valence-corrected chi connectivity index (χ4v) is 2.07. The third-order valence-corrected chi connectivity index (χ3v) is 2.96. The summed E-state index contributed by atoms with van der Waals surface area (Å²) in [5, 5.41) is 0. The molecule has 2 N–H and O–H groups in total. The fraction of sp³-hybridized carbons (Fsp3) is 0.333. The number of aryl methyl sites for hydroxylation is 2. The molecule has 0 spiro atoms. The van der Waals surface area contributed by atoms with Gasteiger partial charge in [0.15, 0.2) is 0 Å². The van der Waals surface area contributed by atoms with Crippen LogP contribution in [0.25, 0.3) is 0 Å². The molecular formula is C15H19N3. The number of rotatable bonds is 3. The Bertz CT molecular complexity index is 512. The molecular weight excluding hydrogens is 222 g/mol. The van der Waals surface area contributed by atoms with Gasteiger partial charge in [0, 0.05) is 23.0 Å². The number of anilines is 1. The maximum absolute atomic E-state index is 5.68. The molecule has 0 saturated carbocycles. The monoisotopic (exact) mass is 241 g/mol. The molecule has 3 nitrogen and oxygen atoms in total. The molecule has 18 heavy (non-hydrogen) atoms. The summed E-state index contributed by atoms with van der Waals surface area (Å²) in [7, 11) is 0. The summed E-state index contributed by atoms with van der Waals surface area (Å²) in [5.41, 5.74) is 9.81. The smallest absolute Gasteiger partial charge is 0.131 e. The number of benzene rings is 1. The molecule has 0 aliphatic heterocycles. The van der Waals surface area contributed by atoms with E-state index < -0.39 is 0 Å². The molecule has 0 aliphatic carbocycles. The van der Waals surface area contributed by atoms with Crippen LogP contribution in [0.3, 0.4) is 0 Å². The number of nitrogens with two attached hydrogens (primary N) is 1. The van der Waals surface area contributed by atoms with E-state index in [1.807, 2.05) is 32.0 Å². The summed E-state index contributed by atoms with van der Waals surface area (Å²) >= 11 is 0. The highest BCUT2D eigenvalue weighted by molar-refractivity contribution is 5.39. The van der Waals surface area contributed by atoms with Crippen molar-refractivity contribution in [2.75, 3.05) is 5.73 Å². The highest BCUT2D eigenvalue weighted by Crippen LogP contribution is 2.18. The molecule has 1 aromatic carbocycles. The maximum atomic E-state index is 5.68. The van der Waals surface area contributed by atoms with Gasteiger partial charge in [0.25, 0.3) is 0 Å². The summed E-state index contributed by atoms with van der Waals surface area (Å²) < 4.78 is 0. The van der Waals surface area contributed by atoms with Crippen molar-refractivity contribution in [1.29, 1.82) is 0 Å². The second-order valence-electron chi connectivity index (χ2n) is 4.86. The zero-order chi connectivity index (χ0) is 13.1. The van der Waals surface area contributed by atoms with Crippen LogP contribution >= 0.6 is 0 Å². The summed E-state index contributed by atoms with van der Waals surface area (Å²) in [6.07, 6.45) is 0.934. The third-order valence-electron chi connectivity index (χ3n) is 2.96. The lowest BCUT2D eigenvalue weighted by Crippen LogP contribution is -2.06. The number of hydrogen-bond acceptors (Lipinski definition) is 3. The number of aromatic nitrogens is 2. The Labute approximate surface area is 108 Å². The zero-order valence-corrected chi connectivity index (χ0v) is 11.1. The first-order chi connectivity index (χ1) is 8.54. The van der Waals surface area contributed by atoms with Crippen LogP contribution in [0.2, 0.25) is 0 Å². The van der Waals surface area contributed by atoms with Crippen molar-refractivity contribution in [3.8, 4) is 0 Å². The van der Waals surface area contributed by atoms with Crippen LogP contribution in [0, 0.1) is 13.8 Å². The van der Waals surface area contributed by atoms with E-state index in [0.29, 0.717) is 5.92 Å². The quantitative estimate of drug-likeness (QED) is 0.840. The van der Waals surface area contributed by atoms with Crippen LogP contribution in [0.1, 0.15) is 35.6 Å². The van der Waals surface area contributed by atoms with Crippen LogP contribution in [-0.2, 0) is 6.42 Å². The standard InChI is InChI=1S/C15H19N3/c1-10(8-13-4-6-14(16)7-5-13)15-17-11(2)9-12(3)18-15/h4-7,9-10H,8,16H2,1-3H3. The van der Waals surface area contributed by atoms with Crippen LogP contribution in [0.5, 0.6) is 0 Å². The van der Waals surface area contributed by atoms with E-state index in [1.165, 1.54) is 5.56 Å². The van der Waals surface area contributed by atoms with Crippen LogP contribution in [0.15, 0.2) is 30.3 Å². The van der Waals surface area contributed by atoms with E-state index in [4.69, 9.17) is 5.73 Å². The molecule has 1 unspecified atom stereocenters. The van der Waals surface area contributed by atoms with E-state index >= 15 is 0 Å². The van der Waals surface area contributed by atoms with Crippen molar-refractivity contribution in [2.24, 2.45) is 0 Å². The highest BCUT2D eigenvalue weighted by Gasteiger charge is 2.10. The molecule has 0 amide bonds. The predicted octanol–water partition coefficient (Wildman–Crippen LogP) is 3.02. The largest absolute Gasteiger partial charge is 0.399 e. The van der Waals surface area contributed by atoms with Gasteiger partial charge in [-0.05, 0) is 44.0 Å². The summed E-state index contributed by atoms with van der Waals surface area (Å²) in [6.45, 7) is 6.17. The Morgan fingerprint density at radius 2 is 1.61 bits per heavy atom. The number of nitrogens with zero attached hydrogens (tertiary/aromatic N) is 2. The van der Waals surface area contributed by atoms with E-state index in [0.717, 1.165) is 29.3 Å². The average Bonchev–Trinajstić information content (AvgIpc) is 2.31. The van der Waals surface area contributed by atoms with E-state index in [1.54, 1.807) is 0 Å². The first-order valence-corrected chi connectivity index (χ1v) is 6.21. The van der Waals surface area contributed by atoms with Gasteiger partial charge in [-0.15, -0.1) is 0 Å². The first kappa shape index (κ1) is 12.6. The molecule has 94 valence electrons. The molecule has 2 rings (SSSR count). The van der Waals surface area contributed by atoms with Crippen LogP contribution in [0.4, 0.5) is 5.69 Å². The Kier molecular flexibility index (Phi) is 3.60. The molecule has 1 atom stereocenters. The van der Waals surface area contributed by atoms with E-state index in [9.17, 15) is 0 Å². The number of nitrogen functional groups attached to an aromatic ring is 1. The van der Waals surface area contributed by atoms with Gasteiger partial charge >= 0.3 is 0 Å². The molecule has 1 aromatic heterocycles. The lowest BCUT2D eigenvalue weighted by molar-refractivity contribution is 0.689. The van der Waals surface area contributed by atoms with Gasteiger partial charge < -0.3 is 5.73 Å². The lowest BCUT2D eigenvalue weighted by Gasteiger charge is -2.11. The summed E-state index contributed by atoms with van der Waals surface area (Å²) in [6, 6.07) is 10.00. The summed E-state index contributed by atoms with van der Waals surface area (Å²) in [4.78, 5) is 9.02. The minimum absolute atomic E-state index is 0.312. The topological polar surface area (TPSA) is 51.8 Å². The van der Waals surface area contributed by atoms with Gasteiger partial charge in [-0.25, -0.2) is 9.97 Å². The molecule has 0 bridgehead atoms. The molecule has 2 aromatic rings. The minimum atomic E-state index is 0.312. The molecule has 0 radical (unpaired) electrons. The van der Waals surface area contributed by atoms with Crippen molar-refractivity contribution >= 4 is 5.69 Å². The maximum Gasteiger partial charge on any atom is 0.131 e. The van der Waals surface area contributed by atoms with E-state index in [2.05, 4.69) is 29.0 Å². The zero-order valence-electron chi connectivity index (χ0n) is 11.1. The van der Waals surface area contributed by atoms with Gasteiger partial charge in [0.1, 0.15) is 5.82 Å². The third kappa shape index (κ3) is 3.06. The Hall–Kier alpha value is -1.90. The van der Waals surface area contributed by atoms with E-state index in [-0.39, 0.29) is 0 Å². The molecule has 0 aliphatic rings. The highest BCUT2D eigenvalue weighted by atomic mass is 14.9. The molecule has 3 heteroatoms. The van der Waals surface area contributed by atoms with Gasteiger partial charge in [0.05, 0.1) is 0 Å². The Morgan fingerprint density at radius 1 is 1.06 bits per heavy atom. The van der Waals surface area contributed by atoms with Crippen molar-refractivity contribution in [1.82, 2.24) is 9.97 Å². The second kappa shape index (κ2) is 5.17. The van der Waals surface area contributed by atoms with Gasteiger partial charge in [-0.3, -0.25) is 0 Å². The predicted molar refractivity (Wildman–Crippen MR) is 74.5 cm³/mol. The van der Waals surface area contributed by atoms with Crippen LogP contribution < -0.4 is 5.73 Å². The SMILES string of the molecule is Cc1cc(C)nc(C(C)Cc2ccc(N)cc2)n1. The number of hydrogen-bond donors (Lipinski definition) is 1. The van der Waals surface area contributed by atoms with Crippen molar-refractivity contribution < 1.29 is 0 Å². The van der Waals surface area contributed by atoms with Crippen molar-refractivity contribution in [3.63, 3.8) is 0 Å². The average molecular weight is 241 g/mol. The van der Waals surface area contributed by atoms with Gasteiger partial charge in [-0.2, -0.15) is 0 Å². The lowest BCUT2D eigenvalue weighted by atomic mass is 10.00. The Morgan fingerprint density at radius 3 is 2.17 bits per heavy atom. The van der Waals surface area contributed by atoms with Crippen molar-refractivity contribution in [2.45, 2.75) is 33.1 Å². The van der Waals surface area contributed by atoms with Gasteiger partial charge in [0.2, 0.25) is 0 Å². The van der Waals surface area contributed by atoms with Crippen LogP contribution in [-0.4, -0.2) is 9.97 Å². The Balaban J connectivity index is 2.16. The van der Waals surface area contributed by atoms with Crippen molar-refractivity contribution in [3.05, 3.63) is 53.1 Å². The summed E-state index contributed by atoms with van der Waals surface area (Å²) in [5.74, 6) is 1.23. The fourth-order valence-electron chi connectivity index (χ4n) is 2.07.